The Hall–Kier alpha value is -0.300. The van der Waals surface area contributed by atoms with Crippen LogP contribution < -0.4 is 5.73 Å². The summed E-state index contributed by atoms with van der Waals surface area (Å²) in [7, 11) is 0. The maximum Gasteiger partial charge on any atom is 0.00105 e. The number of rotatable bonds is 4. The Bertz CT molecular complexity index is 176. The first kappa shape index (κ1) is 11.8. The van der Waals surface area contributed by atoms with Crippen molar-refractivity contribution in [3.05, 3.63) is 12.2 Å². The molecule has 1 nitrogen and oxygen atoms in total. The molecule has 1 heteroatoms. The van der Waals surface area contributed by atoms with Crippen molar-refractivity contribution in [2.75, 3.05) is 0 Å². The van der Waals surface area contributed by atoms with Gasteiger partial charge in [-0.3, -0.25) is 0 Å². The Balaban J connectivity index is 2.19. The molecule has 2 N–H and O–H groups in total. The summed E-state index contributed by atoms with van der Waals surface area (Å²) in [5.41, 5.74) is 7.16. The van der Waals surface area contributed by atoms with Gasteiger partial charge in [0.15, 0.2) is 0 Å². The fraction of sp³-hybridized carbons (Fsp3) is 0.846. The van der Waals surface area contributed by atoms with Crippen molar-refractivity contribution in [3.63, 3.8) is 0 Å². The van der Waals surface area contributed by atoms with Gasteiger partial charge in [0.1, 0.15) is 0 Å². The molecule has 1 rings (SSSR count). The fourth-order valence-corrected chi connectivity index (χ4v) is 2.44. The Morgan fingerprint density at radius 1 is 1.36 bits per heavy atom. The van der Waals surface area contributed by atoms with E-state index in [2.05, 4.69) is 20.4 Å². The second-order valence-corrected chi connectivity index (χ2v) is 5.12. The molecule has 0 bridgehead atoms. The molecule has 1 aliphatic rings. The van der Waals surface area contributed by atoms with E-state index in [-0.39, 0.29) is 0 Å². The van der Waals surface area contributed by atoms with Gasteiger partial charge in [0, 0.05) is 6.04 Å². The van der Waals surface area contributed by atoms with E-state index in [1.807, 2.05) is 0 Å². The minimum absolute atomic E-state index is 0.383. The zero-order chi connectivity index (χ0) is 10.6. The van der Waals surface area contributed by atoms with Gasteiger partial charge in [0.25, 0.3) is 0 Å². The topological polar surface area (TPSA) is 26.0 Å². The lowest BCUT2D eigenvalue weighted by Crippen LogP contribution is -2.19. The first-order valence-electron chi connectivity index (χ1n) is 6.00. The fourth-order valence-electron chi connectivity index (χ4n) is 2.44. The molecule has 0 saturated heterocycles. The van der Waals surface area contributed by atoms with Crippen LogP contribution >= 0.6 is 0 Å². The van der Waals surface area contributed by atoms with E-state index in [1.54, 1.807) is 0 Å². The smallest absolute Gasteiger partial charge is 0.00105 e. The normalized spacial score (nSPS) is 29.9. The van der Waals surface area contributed by atoms with E-state index in [4.69, 9.17) is 5.73 Å². The van der Waals surface area contributed by atoms with Crippen molar-refractivity contribution in [2.24, 2.45) is 17.6 Å². The van der Waals surface area contributed by atoms with E-state index in [0.717, 1.165) is 11.8 Å². The highest BCUT2D eigenvalue weighted by Gasteiger charge is 2.21. The lowest BCUT2D eigenvalue weighted by molar-refractivity contribution is 0.280. The summed E-state index contributed by atoms with van der Waals surface area (Å²) >= 11 is 0. The highest BCUT2D eigenvalue weighted by Crippen LogP contribution is 2.34. The molecule has 1 fully saturated rings. The summed E-state index contributed by atoms with van der Waals surface area (Å²) < 4.78 is 0. The second-order valence-electron chi connectivity index (χ2n) is 5.12. The van der Waals surface area contributed by atoms with E-state index < -0.39 is 0 Å². The van der Waals surface area contributed by atoms with Gasteiger partial charge in [0.05, 0.1) is 0 Å². The zero-order valence-corrected chi connectivity index (χ0v) is 9.76. The van der Waals surface area contributed by atoms with Gasteiger partial charge < -0.3 is 5.73 Å². The molecule has 1 unspecified atom stereocenters. The van der Waals surface area contributed by atoms with Crippen LogP contribution in [0, 0.1) is 11.8 Å². The van der Waals surface area contributed by atoms with Crippen LogP contribution in [0.3, 0.4) is 0 Å². The Kier molecular flexibility index (Phi) is 4.67. The van der Waals surface area contributed by atoms with Crippen molar-refractivity contribution >= 4 is 0 Å². The van der Waals surface area contributed by atoms with Crippen LogP contribution in [0.4, 0.5) is 0 Å². The summed E-state index contributed by atoms with van der Waals surface area (Å²) in [6.07, 6.45) is 8.04. The monoisotopic (exact) mass is 195 g/mol. The number of allylic oxidation sites excluding steroid dienone is 1. The zero-order valence-electron chi connectivity index (χ0n) is 9.76. The molecule has 0 aromatic carbocycles. The van der Waals surface area contributed by atoms with Crippen molar-refractivity contribution < 1.29 is 0 Å². The highest BCUT2D eigenvalue weighted by atomic mass is 14.6. The Morgan fingerprint density at radius 3 is 2.36 bits per heavy atom. The molecule has 0 amide bonds. The van der Waals surface area contributed by atoms with Crippen LogP contribution in [-0.2, 0) is 0 Å². The lowest BCUT2D eigenvalue weighted by Gasteiger charge is -2.29. The molecule has 0 aromatic rings. The lowest BCUT2D eigenvalue weighted by atomic mass is 9.77. The first-order chi connectivity index (χ1) is 6.59. The van der Waals surface area contributed by atoms with Crippen LogP contribution in [0.2, 0.25) is 0 Å². The molecular formula is C13H25N. The van der Waals surface area contributed by atoms with Gasteiger partial charge >= 0.3 is 0 Å². The summed E-state index contributed by atoms with van der Waals surface area (Å²) in [5.74, 6) is 1.75. The molecule has 1 saturated carbocycles. The molecule has 0 radical (unpaired) electrons. The van der Waals surface area contributed by atoms with Gasteiger partial charge in [-0.2, -0.15) is 0 Å². The molecule has 0 spiro atoms. The first-order valence-corrected chi connectivity index (χ1v) is 6.00. The van der Waals surface area contributed by atoms with Crippen LogP contribution in [0.5, 0.6) is 0 Å². The van der Waals surface area contributed by atoms with E-state index in [0.29, 0.717) is 6.04 Å². The van der Waals surface area contributed by atoms with Crippen molar-refractivity contribution in [3.8, 4) is 0 Å². The van der Waals surface area contributed by atoms with Gasteiger partial charge in [0.2, 0.25) is 0 Å². The average Bonchev–Trinajstić information content (AvgIpc) is 2.15. The van der Waals surface area contributed by atoms with E-state index >= 15 is 0 Å². The minimum Gasteiger partial charge on any atom is -0.328 e. The third-order valence-electron chi connectivity index (χ3n) is 3.57. The van der Waals surface area contributed by atoms with Gasteiger partial charge in [-0.05, 0) is 64.2 Å². The third kappa shape index (κ3) is 3.83. The average molecular weight is 195 g/mol. The molecule has 1 aliphatic carbocycles. The van der Waals surface area contributed by atoms with E-state index in [9.17, 15) is 0 Å². The third-order valence-corrected chi connectivity index (χ3v) is 3.57. The van der Waals surface area contributed by atoms with Gasteiger partial charge in [-0.1, -0.05) is 12.2 Å². The van der Waals surface area contributed by atoms with E-state index in [1.165, 1.54) is 44.1 Å². The van der Waals surface area contributed by atoms with Crippen LogP contribution in [0.15, 0.2) is 12.2 Å². The minimum atomic E-state index is 0.383. The highest BCUT2D eigenvalue weighted by molar-refractivity contribution is 4.97. The number of nitrogens with two attached hydrogens (primary N) is 1. The summed E-state index contributed by atoms with van der Waals surface area (Å²) in [6.45, 7) is 8.34. The molecule has 0 aliphatic heterocycles. The summed E-state index contributed by atoms with van der Waals surface area (Å²) in [5, 5.41) is 0. The molecule has 0 heterocycles. The predicted molar refractivity (Wildman–Crippen MR) is 63.1 cm³/mol. The standard InChI is InChI=1S/C13H25N/c1-10(2)13-8-6-12(7-9-13)5-4-11(3)14/h11-13H,1,4-9,14H2,2-3H3. The number of hydrogen-bond acceptors (Lipinski definition) is 1. The van der Waals surface area contributed by atoms with Crippen LogP contribution in [0.25, 0.3) is 0 Å². The maximum absolute atomic E-state index is 5.77. The quantitative estimate of drug-likeness (QED) is 0.683. The SMILES string of the molecule is C=C(C)C1CCC(CCC(C)N)CC1. The summed E-state index contributed by atoms with van der Waals surface area (Å²) in [4.78, 5) is 0. The number of hydrogen-bond donors (Lipinski definition) is 1. The maximum atomic E-state index is 5.77. The molecule has 1 atom stereocenters. The van der Waals surface area contributed by atoms with Gasteiger partial charge in [-0.25, -0.2) is 0 Å². The Morgan fingerprint density at radius 2 is 1.93 bits per heavy atom. The molecule has 82 valence electrons. The van der Waals surface area contributed by atoms with Crippen molar-refractivity contribution in [1.29, 1.82) is 0 Å². The van der Waals surface area contributed by atoms with Crippen molar-refractivity contribution in [2.45, 2.75) is 58.4 Å². The summed E-state index contributed by atoms with van der Waals surface area (Å²) in [6, 6.07) is 0.383. The van der Waals surface area contributed by atoms with Crippen LogP contribution in [-0.4, -0.2) is 6.04 Å². The molecule has 0 aromatic heterocycles. The van der Waals surface area contributed by atoms with Crippen molar-refractivity contribution in [1.82, 2.24) is 0 Å². The second kappa shape index (κ2) is 5.55. The molecular weight excluding hydrogens is 170 g/mol. The van der Waals surface area contributed by atoms with Crippen LogP contribution in [0.1, 0.15) is 52.4 Å². The largest absolute Gasteiger partial charge is 0.328 e. The predicted octanol–water partition coefficient (Wildman–Crippen LogP) is 3.50. The van der Waals surface area contributed by atoms with Gasteiger partial charge in [-0.15, -0.1) is 0 Å². The Labute approximate surface area is 88.8 Å². The molecule has 14 heavy (non-hydrogen) atoms.